The lowest BCUT2D eigenvalue weighted by molar-refractivity contribution is 0.146. The van der Waals surface area contributed by atoms with Gasteiger partial charge in [-0.05, 0) is 79.7 Å². The van der Waals surface area contributed by atoms with E-state index in [1.54, 1.807) is 12.1 Å². The van der Waals surface area contributed by atoms with E-state index in [0.29, 0.717) is 11.7 Å². The first-order chi connectivity index (χ1) is 15.6. The Hall–Kier alpha value is -2.14. The molecule has 2 atom stereocenters. The van der Waals surface area contributed by atoms with Crippen LogP contribution >= 0.6 is 11.8 Å². The molecule has 5 rings (SSSR count). The van der Waals surface area contributed by atoms with Gasteiger partial charge in [-0.15, -0.1) is 11.8 Å². The van der Waals surface area contributed by atoms with Crippen molar-refractivity contribution in [2.24, 2.45) is 0 Å². The van der Waals surface area contributed by atoms with Gasteiger partial charge in [0.05, 0.1) is 11.4 Å². The topological polar surface area (TPSA) is 23.5 Å². The maximum atomic E-state index is 13.1. The zero-order valence-corrected chi connectivity index (χ0v) is 19.1. The van der Waals surface area contributed by atoms with Gasteiger partial charge in [-0.2, -0.15) is 0 Å². The number of rotatable bonds is 6. The fourth-order valence-electron chi connectivity index (χ4n) is 5.25. The monoisotopic (exact) mass is 447 g/mol. The van der Waals surface area contributed by atoms with Gasteiger partial charge < -0.3 is 10.0 Å². The van der Waals surface area contributed by atoms with E-state index < -0.39 is 6.10 Å². The number of likely N-dealkylation sites (tertiary alicyclic amines) is 1. The summed E-state index contributed by atoms with van der Waals surface area (Å²) in [6, 6.07) is 26.1. The van der Waals surface area contributed by atoms with Crippen LogP contribution < -0.4 is 0 Å². The van der Waals surface area contributed by atoms with E-state index in [-0.39, 0.29) is 10.6 Å². The van der Waals surface area contributed by atoms with Crippen LogP contribution in [0.5, 0.6) is 0 Å². The molecule has 3 aromatic carbocycles. The first kappa shape index (κ1) is 21.7. The van der Waals surface area contributed by atoms with Crippen LogP contribution in [0.4, 0.5) is 4.39 Å². The third-order valence-electron chi connectivity index (χ3n) is 7.05. The lowest BCUT2D eigenvalue weighted by Crippen LogP contribution is -2.40. The normalized spacial score (nSPS) is 20.9. The summed E-state index contributed by atoms with van der Waals surface area (Å²) >= 11 is 2.15. The highest BCUT2D eigenvalue weighted by Crippen LogP contribution is 2.61. The summed E-state index contributed by atoms with van der Waals surface area (Å²) in [6.45, 7) is 3.19. The highest BCUT2D eigenvalue weighted by molar-refractivity contribution is 8.01. The van der Waals surface area contributed by atoms with Crippen molar-refractivity contribution in [2.45, 2.75) is 41.8 Å². The molecule has 1 N–H and O–H groups in total. The maximum absolute atomic E-state index is 13.1. The van der Waals surface area contributed by atoms with E-state index in [4.69, 9.17) is 0 Å². The molecule has 0 aliphatic carbocycles. The Morgan fingerprint density at radius 3 is 2.38 bits per heavy atom. The van der Waals surface area contributed by atoms with Gasteiger partial charge in [0, 0.05) is 4.75 Å². The molecule has 0 amide bonds. The van der Waals surface area contributed by atoms with Crippen LogP contribution in [0, 0.1) is 5.82 Å². The van der Waals surface area contributed by atoms with Crippen molar-refractivity contribution < 1.29 is 9.50 Å². The van der Waals surface area contributed by atoms with Gasteiger partial charge in [0.1, 0.15) is 5.82 Å². The summed E-state index contributed by atoms with van der Waals surface area (Å²) in [4.78, 5) is 2.54. The highest BCUT2D eigenvalue weighted by Gasteiger charge is 2.46. The van der Waals surface area contributed by atoms with E-state index in [0.717, 1.165) is 31.6 Å². The Balaban J connectivity index is 1.19. The molecule has 0 saturated carbocycles. The Morgan fingerprint density at radius 1 is 0.938 bits per heavy atom. The van der Waals surface area contributed by atoms with Crippen LogP contribution in [-0.2, 0) is 4.75 Å². The summed E-state index contributed by atoms with van der Waals surface area (Å²) in [6.07, 6.45) is 3.47. The summed E-state index contributed by atoms with van der Waals surface area (Å²) in [5, 5.41) is 10.8. The first-order valence-electron chi connectivity index (χ1n) is 11.6. The molecule has 0 bridgehead atoms. The third kappa shape index (κ3) is 4.36. The van der Waals surface area contributed by atoms with E-state index in [1.165, 1.54) is 41.7 Å². The average molecular weight is 448 g/mol. The van der Waals surface area contributed by atoms with Crippen LogP contribution in [0.1, 0.15) is 59.3 Å². The first-order valence-corrected chi connectivity index (χ1v) is 12.5. The SMILES string of the molecule is OC(CCCN1CCC2(CC1)SC(c1ccccc1)c1ccccc12)c1ccc(F)cc1. The largest absolute Gasteiger partial charge is 0.388 e. The Kier molecular flexibility index (Phi) is 6.36. The molecule has 3 aromatic rings. The predicted molar refractivity (Wildman–Crippen MR) is 130 cm³/mol. The minimum atomic E-state index is -0.518. The number of hydrogen-bond donors (Lipinski definition) is 1. The molecule has 2 aliphatic heterocycles. The van der Waals surface area contributed by atoms with Crippen molar-refractivity contribution in [3.05, 3.63) is 107 Å². The molecular weight excluding hydrogens is 417 g/mol. The van der Waals surface area contributed by atoms with Gasteiger partial charge in [-0.3, -0.25) is 0 Å². The number of fused-ring (bicyclic) bond motifs is 2. The van der Waals surface area contributed by atoms with E-state index in [1.807, 2.05) is 0 Å². The van der Waals surface area contributed by atoms with Crippen molar-refractivity contribution in [2.75, 3.05) is 19.6 Å². The smallest absolute Gasteiger partial charge is 0.123 e. The number of thioether (sulfide) groups is 1. The van der Waals surface area contributed by atoms with Crippen LogP contribution in [0.2, 0.25) is 0 Å². The Morgan fingerprint density at radius 2 is 1.62 bits per heavy atom. The number of halogens is 1. The molecule has 1 saturated heterocycles. The van der Waals surface area contributed by atoms with E-state index in [9.17, 15) is 9.50 Å². The molecular formula is C28H30FNOS. The zero-order chi connectivity index (χ0) is 22.0. The van der Waals surface area contributed by atoms with Crippen LogP contribution in [-0.4, -0.2) is 29.6 Å². The van der Waals surface area contributed by atoms with Crippen LogP contribution in [0.25, 0.3) is 0 Å². The molecule has 4 heteroatoms. The van der Waals surface area contributed by atoms with E-state index >= 15 is 0 Å². The van der Waals surface area contributed by atoms with Crippen molar-refractivity contribution in [3.63, 3.8) is 0 Å². The number of piperidine rings is 1. The molecule has 2 aliphatic rings. The molecule has 0 aromatic heterocycles. The van der Waals surface area contributed by atoms with Gasteiger partial charge >= 0.3 is 0 Å². The second kappa shape index (κ2) is 9.38. The number of aliphatic hydroxyl groups is 1. The molecule has 0 radical (unpaired) electrons. The number of benzene rings is 3. The minimum absolute atomic E-state index is 0.210. The van der Waals surface area contributed by atoms with Gasteiger partial charge in [-0.1, -0.05) is 66.7 Å². The van der Waals surface area contributed by atoms with Crippen molar-refractivity contribution in [3.8, 4) is 0 Å². The molecule has 2 unspecified atom stereocenters. The Bertz CT molecular complexity index is 1030. The van der Waals surface area contributed by atoms with Gasteiger partial charge in [0.2, 0.25) is 0 Å². The lowest BCUT2D eigenvalue weighted by atomic mass is 9.84. The van der Waals surface area contributed by atoms with Crippen molar-refractivity contribution in [1.29, 1.82) is 0 Å². The summed E-state index contributed by atoms with van der Waals surface area (Å²) in [7, 11) is 0. The fourth-order valence-corrected chi connectivity index (χ4v) is 7.06. The molecule has 2 heterocycles. The van der Waals surface area contributed by atoms with Crippen LogP contribution in [0.3, 0.4) is 0 Å². The fraction of sp³-hybridized carbons (Fsp3) is 0.357. The van der Waals surface area contributed by atoms with Crippen LogP contribution in [0.15, 0.2) is 78.9 Å². The molecule has 2 nitrogen and oxygen atoms in total. The Labute approximate surface area is 194 Å². The highest BCUT2D eigenvalue weighted by atomic mass is 32.2. The molecule has 166 valence electrons. The summed E-state index contributed by atoms with van der Waals surface area (Å²) < 4.78 is 13.3. The second-order valence-corrected chi connectivity index (χ2v) is 10.5. The summed E-state index contributed by atoms with van der Waals surface area (Å²) in [5.74, 6) is -0.260. The van der Waals surface area contributed by atoms with Crippen molar-refractivity contribution >= 4 is 11.8 Å². The number of hydrogen-bond acceptors (Lipinski definition) is 3. The lowest BCUT2D eigenvalue weighted by Gasteiger charge is -2.40. The van der Waals surface area contributed by atoms with Crippen molar-refractivity contribution in [1.82, 2.24) is 4.90 Å². The minimum Gasteiger partial charge on any atom is -0.388 e. The average Bonchev–Trinajstić information content (AvgIpc) is 3.15. The zero-order valence-electron chi connectivity index (χ0n) is 18.3. The second-order valence-electron chi connectivity index (χ2n) is 9.04. The number of aliphatic hydroxyl groups excluding tert-OH is 1. The quantitative estimate of drug-likeness (QED) is 0.469. The maximum Gasteiger partial charge on any atom is 0.123 e. The molecule has 1 spiro atoms. The predicted octanol–water partition coefficient (Wildman–Crippen LogP) is 6.47. The number of nitrogens with zero attached hydrogens (tertiary/aromatic N) is 1. The molecule has 1 fully saturated rings. The third-order valence-corrected chi connectivity index (χ3v) is 8.89. The van der Waals surface area contributed by atoms with Gasteiger partial charge in [0.25, 0.3) is 0 Å². The van der Waals surface area contributed by atoms with Gasteiger partial charge in [-0.25, -0.2) is 4.39 Å². The standard InChI is InChI=1S/C28H30FNOS/c29-23-14-12-21(13-15-23)26(31)11-6-18-30-19-16-28(17-20-30)25-10-5-4-9-24(25)27(32-28)22-7-2-1-3-8-22/h1-5,7-10,12-15,26-27,31H,6,11,16-20H2. The summed E-state index contributed by atoms with van der Waals surface area (Å²) in [5.41, 5.74) is 5.22. The molecule has 32 heavy (non-hydrogen) atoms. The van der Waals surface area contributed by atoms with Gasteiger partial charge in [0.15, 0.2) is 0 Å². The van der Waals surface area contributed by atoms with E-state index in [2.05, 4.69) is 71.3 Å².